The zero-order chi connectivity index (χ0) is 17.3. The Kier molecular flexibility index (Phi) is 4.28. The second kappa shape index (κ2) is 6.38. The van der Waals surface area contributed by atoms with Crippen LogP contribution >= 0.6 is 0 Å². The Morgan fingerprint density at radius 3 is 2.92 bits per heavy atom. The number of hydrogen-bond acceptors (Lipinski definition) is 5. The number of carbonyl (C=O) groups is 1. The predicted molar refractivity (Wildman–Crippen MR) is 88.3 cm³/mol. The first-order valence-corrected chi connectivity index (χ1v) is 7.92. The average molecular weight is 329 g/mol. The van der Waals surface area contributed by atoms with E-state index in [-0.39, 0.29) is 23.4 Å². The number of para-hydroxylation sites is 1. The fourth-order valence-electron chi connectivity index (χ4n) is 2.83. The van der Waals surface area contributed by atoms with Crippen molar-refractivity contribution in [3.05, 3.63) is 33.9 Å². The Morgan fingerprint density at radius 2 is 2.25 bits per heavy atom. The lowest BCUT2D eigenvalue weighted by Crippen LogP contribution is -2.16. The quantitative estimate of drug-likeness (QED) is 0.624. The number of aromatic nitrogens is 3. The Morgan fingerprint density at radius 1 is 1.50 bits per heavy atom. The zero-order valence-corrected chi connectivity index (χ0v) is 13.6. The number of H-pyrrole nitrogens is 1. The van der Waals surface area contributed by atoms with Gasteiger partial charge in [0.15, 0.2) is 5.82 Å². The van der Waals surface area contributed by atoms with Gasteiger partial charge in [-0.05, 0) is 37.7 Å². The summed E-state index contributed by atoms with van der Waals surface area (Å²) < 4.78 is 0. The molecule has 8 heteroatoms. The molecule has 0 spiro atoms. The first kappa shape index (κ1) is 16.1. The van der Waals surface area contributed by atoms with Crippen LogP contribution in [0.3, 0.4) is 0 Å². The van der Waals surface area contributed by atoms with E-state index in [1.165, 1.54) is 12.8 Å². The molecule has 1 fully saturated rings. The molecule has 1 heterocycles. The third-order valence-electron chi connectivity index (χ3n) is 4.35. The second-order valence-corrected chi connectivity index (χ2v) is 6.30. The van der Waals surface area contributed by atoms with Crippen LogP contribution in [0.5, 0.6) is 0 Å². The minimum Gasteiger partial charge on any atom is -0.293 e. The minimum absolute atomic E-state index is 0.0196. The van der Waals surface area contributed by atoms with E-state index >= 15 is 0 Å². The molecule has 1 atom stereocenters. The van der Waals surface area contributed by atoms with E-state index in [0.717, 1.165) is 0 Å². The number of nitrogens with one attached hydrogen (secondary N) is 2. The van der Waals surface area contributed by atoms with Gasteiger partial charge in [-0.15, -0.1) is 5.10 Å². The lowest BCUT2D eigenvalue weighted by molar-refractivity contribution is -0.384. The molecule has 1 aliphatic carbocycles. The second-order valence-electron chi connectivity index (χ2n) is 6.30. The van der Waals surface area contributed by atoms with Crippen LogP contribution in [0.2, 0.25) is 0 Å². The number of benzene rings is 1. The smallest absolute Gasteiger partial charge is 0.283 e. The molecule has 3 rings (SSSR count). The van der Waals surface area contributed by atoms with Gasteiger partial charge in [-0.3, -0.25) is 25.3 Å². The number of hydrogen-bond donors (Lipinski definition) is 2. The SMILES string of the molecule is Cc1cccc(-c2nc(NC(=O)CC(C)C3CC3)n[nH]2)c1[N+](=O)[O-]. The highest BCUT2D eigenvalue weighted by atomic mass is 16.6. The molecule has 1 amide bonds. The average Bonchev–Trinajstić information content (AvgIpc) is 3.27. The van der Waals surface area contributed by atoms with Crippen molar-refractivity contribution < 1.29 is 9.72 Å². The number of amides is 1. The molecular formula is C16H19N5O3. The number of aryl methyl sites for hydroxylation is 1. The highest BCUT2D eigenvalue weighted by Crippen LogP contribution is 2.38. The first-order chi connectivity index (χ1) is 11.5. The van der Waals surface area contributed by atoms with E-state index in [9.17, 15) is 14.9 Å². The molecule has 126 valence electrons. The maximum Gasteiger partial charge on any atom is 0.283 e. The number of rotatable bonds is 6. The number of anilines is 1. The van der Waals surface area contributed by atoms with Crippen LogP contribution in [0.15, 0.2) is 18.2 Å². The van der Waals surface area contributed by atoms with Crippen LogP contribution in [0.4, 0.5) is 11.6 Å². The maximum absolute atomic E-state index is 12.0. The third kappa shape index (κ3) is 3.42. The summed E-state index contributed by atoms with van der Waals surface area (Å²) in [4.78, 5) is 27.0. The van der Waals surface area contributed by atoms with E-state index < -0.39 is 4.92 Å². The number of nitrogens with zero attached hydrogens (tertiary/aromatic N) is 3. The summed E-state index contributed by atoms with van der Waals surface area (Å²) in [6, 6.07) is 4.99. The molecule has 0 aliphatic heterocycles. The molecule has 1 aromatic heterocycles. The first-order valence-electron chi connectivity index (χ1n) is 7.92. The summed E-state index contributed by atoms with van der Waals surface area (Å²) in [5.41, 5.74) is 0.867. The summed E-state index contributed by atoms with van der Waals surface area (Å²) >= 11 is 0. The van der Waals surface area contributed by atoms with Crippen molar-refractivity contribution in [2.24, 2.45) is 11.8 Å². The summed E-state index contributed by atoms with van der Waals surface area (Å²) in [7, 11) is 0. The van der Waals surface area contributed by atoms with Crippen molar-refractivity contribution in [1.29, 1.82) is 0 Å². The lowest BCUT2D eigenvalue weighted by Gasteiger charge is -2.08. The minimum atomic E-state index is -0.442. The van der Waals surface area contributed by atoms with Crippen LogP contribution in [-0.4, -0.2) is 26.0 Å². The van der Waals surface area contributed by atoms with Crippen molar-refractivity contribution in [3.8, 4) is 11.4 Å². The highest BCUT2D eigenvalue weighted by molar-refractivity contribution is 5.89. The molecule has 24 heavy (non-hydrogen) atoms. The van der Waals surface area contributed by atoms with E-state index in [2.05, 4.69) is 27.4 Å². The van der Waals surface area contributed by atoms with Crippen LogP contribution in [0.1, 0.15) is 31.7 Å². The van der Waals surface area contributed by atoms with Gasteiger partial charge in [-0.1, -0.05) is 19.1 Å². The summed E-state index contributed by atoms with van der Waals surface area (Å²) in [5, 5.41) is 20.5. The Bertz CT molecular complexity index is 782. The number of nitro benzene ring substituents is 1. The highest BCUT2D eigenvalue weighted by Gasteiger charge is 2.29. The van der Waals surface area contributed by atoms with Crippen LogP contribution in [-0.2, 0) is 4.79 Å². The fourth-order valence-corrected chi connectivity index (χ4v) is 2.83. The van der Waals surface area contributed by atoms with Gasteiger partial charge in [0.05, 0.1) is 10.5 Å². The monoisotopic (exact) mass is 329 g/mol. The molecule has 0 bridgehead atoms. The molecule has 1 saturated carbocycles. The fraction of sp³-hybridized carbons (Fsp3) is 0.438. The molecule has 1 unspecified atom stereocenters. The van der Waals surface area contributed by atoms with Gasteiger partial charge in [0.25, 0.3) is 5.69 Å². The van der Waals surface area contributed by atoms with Gasteiger partial charge in [-0.2, -0.15) is 4.98 Å². The topological polar surface area (TPSA) is 114 Å². The van der Waals surface area contributed by atoms with Crippen LogP contribution < -0.4 is 5.32 Å². The number of aromatic amines is 1. The Labute approximate surface area is 138 Å². The van der Waals surface area contributed by atoms with Crippen molar-refractivity contribution in [1.82, 2.24) is 15.2 Å². The number of nitro groups is 1. The van der Waals surface area contributed by atoms with Gasteiger partial charge < -0.3 is 0 Å². The molecule has 8 nitrogen and oxygen atoms in total. The van der Waals surface area contributed by atoms with E-state index in [4.69, 9.17) is 0 Å². The molecule has 0 radical (unpaired) electrons. The Hall–Kier alpha value is -2.77. The van der Waals surface area contributed by atoms with Gasteiger partial charge in [-0.25, -0.2) is 0 Å². The largest absolute Gasteiger partial charge is 0.293 e. The van der Waals surface area contributed by atoms with E-state index in [0.29, 0.717) is 29.4 Å². The molecule has 2 N–H and O–H groups in total. The van der Waals surface area contributed by atoms with Crippen molar-refractivity contribution in [2.45, 2.75) is 33.1 Å². The standard InChI is InChI=1S/C16H19N5O3/c1-9-4-3-5-12(14(9)21(23)24)15-18-16(20-19-15)17-13(22)8-10(2)11-6-7-11/h3-5,10-11H,6-8H2,1-2H3,(H2,17,18,19,20,22). The van der Waals surface area contributed by atoms with E-state index in [1.807, 2.05) is 0 Å². The van der Waals surface area contributed by atoms with Crippen LogP contribution in [0, 0.1) is 28.9 Å². The van der Waals surface area contributed by atoms with Gasteiger partial charge in [0, 0.05) is 12.0 Å². The zero-order valence-electron chi connectivity index (χ0n) is 13.6. The van der Waals surface area contributed by atoms with E-state index in [1.54, 1.807) is 25.1 Å². The maximum atomic E-state index is 12.0. The molecule has 0 saturated heterocycles. The van der Waals surface area contributed by atoms with Crippen LogP contribution in [0.25, 0.3) is 11.4 Å². The van der Waals surface area contributed by atoms with Crippen molar-refractivity contribution >= 4 is 17.5 Å². The third-order valence-corrected chi connectivity index (χ3v) is 4.35. The van der Waals surface area contributed by atoms with Gasteiger partial charge >= 0.3 is 0 Å². The van der Waals surface area contributed by atoms with Gasteiger partial charge in [0.2, 0.25) is 11.9 Å². The normalized spacial score (nSPS) is 15.1. The Balaban J connectivity index is 1.75. The summed E-state index contributed by atoms with van der Waals surface area (Å²) in [6.07, 6.45) is 2.81. The molecule has 1 aromatic carbocycles. The predicted octanol–water partition coefficient (Wildman–Crippen LogP) is 3.06. The number of carbonyl (C=O) groups excluding carboxylic acids is 1. The van der Waals surface area contributed by atoms with Gasteiger partial charge in [0.1, 0.15) is 0 Å². The molecular weight excluding hydrogens is 310 g/mol. The summed E-state index contributed by atoms with van der Waals surface area (Å²) in [5.74, 6) is 1.25. The van der Waals surface area contributed by atoms with Crippen molar-refractivity contribution in [3.63, 3.8) is 0 Å². The van der Waals surface area contributed by atoms with Crippen molar-refractivity contribution in [2.75, 3.05) is 5.32 Å². The molecule has 2 aromatic rings. The molecule has 1 aliphatic rings. The summed E-state index contributed by atoms with van der Waals surface area (Å²) in [6.45, 7) is 3.73. The lowest BCUT2D eigenvalue weighted by atomic mass is 10.0.